The van der Waals surface area contributed by atoms with Gasteiger partial charge in [0, 0.05) is 43.4 Å². The summed E-state index contributed by atoms with van der Waals surface area (Å²) in [7, 11) is 0. The Hall–Kier alpha value is -2.64. The van der Waals surface area contributed by atoms with E-state index in [1.807, 2.05) is 13.8 Å². The first kappa shape index (κ1) is 25.4. The maximum Gasteiger partial charge on any atom is 0.0567 e. The molecule has 0 fully saturated rings. The molecule has 0 saturated carbocycles. The Morgan fingerprint density at radius 2 is 1.57 bits per heavy atom. The quantitative estimate of drug-likeness (QED) is 0.341. The first-order valence-electron chi connectivity index (χ1n) is 10.2. The standard InChI is InChI=1S/C28H34/c1-8-13-17-20-27(7,21-18-14-9-2)24-25-28(22-16-11-4,26(6)12-5)23-19-15-10-3/h1,4-5,26H,10,13,16-18,20-23H2,2-3,6-7H3. The summed E-state index contributed by atoms with van der Waals surface area (Å²) in [5.41, 5.74) is -0.526. The van der Waals surface area contributed by atoms with E-state index in [2.05, 4.69) is 67.1 Å². The Kier molecular flexibility index (Phi) is 13.1. The molecule has 0 rings (SSSR count). The third kappa shape index (κ3) is 9.34. The molecule has 0 aliphatic heterocycles. The van der Waals surface area contributed by atoms with E-state index in [9.17, 15) is 0 Å². The van der Waals surface area contributed by atoms with Crippen LogP contribution in [0.1, 0.15) is 85.5 Å². The molecule has 0 spiro atoms. The lowest BCUT2D eigenvalue weighted by molar-refractivity contribution is 0.301. The fourth-order valence-corrected chi connectivity index (χ4v) is 3.04. The van der Waals surface area contributed by atoms with Gasteiger partial charge in [-0.3, -0.25) is 0 Å². The van der Waals surface area contributed by atoms with E-state index in [-0.39, 0.29) is 16.7 Å². The van der Waals surface area contributed by atoms with E-state index in [0.29, 0.717) is 12.8 Å². The van der Waals surface area contributed by atoms with Crippen molar-refractivity contribution in [3.63, 3.8) is 0 Å². The summed E-state index contributed by atoms with van der Waals surface area (Å²) >= 11 is 0. The molecule has 0 N–H and O–H groups in total. The molecule has 0 nitrogen and oxygen atoms in total. The molecule has 28 heavy (non-hydrogen) atoms. The minimum Gasteiger partial charge on any atom is -0.120 e. The lowest BCUT2D eigenvalue weighted by Gasteiger charge is -2.31. The highest BCUT2D eigenvalue weighted by Crippen LogP contribution is 2.37. The van der Waals surface area contributed by atoms with Gasteiger partial charge in [0.2, 0.25) is 0 Å². The second-order valence-corrected chi connectivity index (χ2v) is 7.43. The Labute approximate surface area is 175 Å². The van der Waals surface area contributed by atoms with E-state index in [0.717, 1.165) is 44.9 Å². The maximum atomic E-state index is 5.81. The van der Waals surface area contributed by atoms with Crippen molar-refractivity contribution >= 4 is 0 Å². The summed E-state index contributed by atoms with van der Waals surface area (Å²) in [5, 5.41) is 0. The van der Waals surface area contributed by atoms with Gasteiger partial charge in [0.1, 0.15) is 0 Å². The van der Waals surface area contributed by atoms with Crippen molar-refractivity contribution in [1.82, 2.24) is 0 Å². The van der Waals surface area contributed by atoms with Gasteiger partial charge in [-0.15, -0.1) is 60.7 Å². The molecule has 0 aromatic rings. The van der Waals surface area contributed by atoms with Gasteiger partial charge in [-0.1, -0.05) is 18.8 Å². The predicted molar refractivity (Wildman–Crippen MR) is 122 cm³/mol. The van der Waals surface area contributed by atoms with Gasteiger partial charge < -0.3 is 0 Å². The fourth-order valence-electron chi connectivity index (χ4n) is 3.04. The first-order chi connectivity index (χ1) is 13.4. The van der Waals surface area contributed by atoms with Gasteiger partial charge in [-0.2, -0.15) is 0 Å². The van der Waals surface area contributed by atoms with Gasteiger partial charge in [0.15, 0.2) is 0 Å². The number of unbranched alkanes of at least 4 members (excludes halogenated alkanes) is 1. The summed E-state index contributed by atoms with van der Waals surface area (Å²) in [6.45, 7) is 8.17. The molecule has 3 atom stereocenters. The van der Waals surface area contributed by atoms with Crippen LogP contribution in [0.4, 0.5) is 0 Å². The van der Waals surface area contributed by atoms with Crippen LogP contribution in [0.25, 0.3) is 0 Å². The molecule has 0 heteroatoms. The number of terminal acetylenes is 3. The zero-order valence-corrected chi connectivity index (χ0v) is 18.2. The van der Waals surface area contributed by atoms with Crippen LogP contribution in [-0.4, -0.2) is 0 Å². The van der Waals surface area contributed by atoms with Crippen LogP contribution >= 0.6 is 0 Å². The topological polar surface area (TPSA) is 0 Å². The van der Waals surface area contributed by atoms with E-state index in [4.69, 9.17) is 19.3 Å². The van der Waals surface area contributed by atoms with Crippen molar-refractivity contribution in [3.05, 3.63) is 0 Å². The third-order valence-electron chi connectivity index (χ3n) is 5.14. The molecule has 0 aromatic carbocycles. The minimum absolute atomic E-state index is 0.0232. The molecule has 146 valence electrons. The summed E-state index contributed by atoms with van der Waals surface area (Å²) in [5.74, 6) is 28.1. The molecule has 0 aromatic heterocycles. The SMILES string of the molecule is C#CCCCC(C)(C#CC(CC#CCC)(CCC#C)C(C)C#C)CCC#CC. The average Bonchev–Trinajstić information content (AvgIpc) is 2.70. The van der Waals surface area contributed by atoms with Crippen LogP contribution in [0.15, 0.2) is 0 Å². The molecule has 3 unspecified atom stereocenters. The van der Waals surface area contributed by atoms with Gasteiger partial charge in [0.05, 0.1) is 5.41 Å². The molecular weight excluding hydrogens is 336 g/mol. The van der Waals surface area contributed by atoms with E-state index in [1.165, 1.54) is 0 Å². The Balaban J connectivity index is 5.98. The number of rotatable bonds is 9. The normalized spacial score (nSPS) is 14.5. The molecule has 0 amide bonds. The van der Waals surface area contributed by atoms with Gasteiger partial charge in [-0.05, 0) is 46.5 Å². The van der Waals surface area contributed by atoms with Crippen molar-refractivity contribution < 1.29 is 0 Å². The molecule has 0 aliphatic rings. The van der Waals surface area contributed by atoms with Crippen molar-refractivity contribution in [2.75, 3.05) is 0 Å². The van der Waals surface area contributed by atoms with Crippen LogP contribution in [0.3, 0.4) is 0 Å². The molecule has 0 saturated heterocycles. The zero-order chi connectivity index (χ0) is 21.3. The van der Waals surface area contributed by atoms with Crippen molar-refractivity contribution in [2.45, 2.75) is 85.5 Å². The Morgan fingerprint density at radius 1 is 0.857 bits per heavy atom. The van der Waals surface area contributed by atoms with Crippen LogP contribution in [0, 0.1) is 89.3 Å². The van der Waals surface area contributed by atoms with E-state index in [1.54, 1.807) is 0 Å². The largest absolute Gasteiger partial charge is 0.120 e. The summed E-state index contributed by atoms with van der Waals surface area (Å²) in [6, 6.07) is 0. The zero-order valence-electron chi connectivity index (χ0n) is 18.2. The van der Waals surface area contributed by atoms with Crippen LogP contribution < -0.4 is 0 Å². The summed E-state index contributed by atoms with van der Waals surface area (Å²) in [6.07, 6.45) is 24.1. The summed E-state index contributed by atoms with van der Waals surface area (Å²) < 4.78 is 0. The summed E-state index contributed by atoms with van der Waals surface area (Å²) in [4.78, 5) is 0. The number of hydrogen-bond donors (Lipinski definition) is 0. The van der Waals surface area contributed by atoms with Crippen LogP contribution in [0.5, 0.6) is 0 Å². The van der Waals surface area contributed by atoms with E-state index < -0.39 is 0 Å². The second-order valence-electron chi connectivity index (χ2n) is 7.43. The Morgan fingerprint density at radius 3 is 2.14 bits per heavy atom. The molecule has 0 bridgehead atoms. The van der Waals surface area contributed by atoms with Crippen molar-refractivity contribution in [1.29, 1.82) is 0 Å². The van der Waals surface area contributed by atoms with Gasteiger partial charge in [-0.25, -0.2) is 0 Å². The lowest BCUT2D eigenvalue weighted by atomic mass is 9.70. The molecule has 0 heterocycles. The average molecular weight is 371 g/mol. The van der Waals surface area contributed by atoms with E-state index >= 15 is 0 Å². The van der Waals surface area contributed by atoms with Gasteiger partial charge >= 0.3 is 0 Å². The third-order valence-corrected chi connectivity index (χ3v) is 5.14. The minimum atomic E-state index is -0.382. The number of hydrogen-bond acceptors (Lipinski definition) is 0. The molecule has 0 radical (unpaired) electrons. The van der Waals surface area contributed by atoms with Crippen LogP contribution in [-0.2, 0) is 0 Å². The maximum absolute atomic E-state index is 5.81. The monoisotopic (exact) mass is 370 g/mol. The predicted octanol–water partition coefficient (Wildman–Crippen LogP) is 6.08. The van der Waals surface area contributed by atoms with Crippen molar-refractivity contribution in [3.8, 4) is 72.6 Å². The second kappa shape index (κ2) is 14.4. The fraction of sp³-hybridized carbons (Fsp3) is 0.571. The molecule has 0 aliphatic carbocycles. The van der Waals surface area contributed by atoms with Crippen LogP contribution in [0.2, 0.25) is 0 Å². The smallest absolute Gasteiger partial charge is 0.0567 e. The highest BCUT2D eigenvalue weighted by molar-refractivity contribution is 5.26. The lowest BCUT2D eigenvalue weighted by Crippen LogP contribution is -2.27. The highest BCUT2D eigenvalue weighted by Gasteiger charge is 2.33. The highest BCUT2D eigenvalue weighted by atomic mass is 14.3. The first-order valence-corrected chi connectivity index (χ1v) is 10.2. The Bertz CT molecular complexity index is 772. The van der Waals surface area contributed by atoms with Gasteiger partial charge in [0.25, 0.3) is 0 Å². The molecular formula is C28H34. The van der Waals surface area contributed by atoms with Crippen molar-refractivity contribution in [2.24, 2.45) is 16.7 Å².